The third-order valence-corrected chi connectivity index (χ3v) is 1.49. The van der Waals surface area contributed by atoms with Crippen LogP contribution in [0.1, 0.15) is 12.5 Å². The molecule has 0 atom stereocenters. The van der Waals surface area contributed by atoms with Crippen LogP contribution in [0.2, 0.25) is 0 Å². The van der Waals surface area contributed by atoms with E-state index in [-0.39, 0.29) is 5.75 Å². The Balaban J connectivity index is 2.69. The van der Waals surface area contributed by atoms with Crippen LogP contribution in [0, 0.1) is 0 Å². The standard InChI is InChI=1S/C9H8F3NO2/c1-6(14)13-15-8-4-2-7(3-5-8)9(10,11)12/h2-5H,1H3,(H,13,14). The Morgan fingerprint density at radius 1 is 1.27 bits per heavy atom. The number of amides is 1. The van der Waals surface area contributed by atoms with Crippen molar-refractivity contribution in [3.8, 4) is 5.75 Å². The molecule has 0 heterocycles. The second kappa shape index (κ2) is 4.20. The smallest absolute Gasteiger partial charge is 0.380 e. The maximum Gasteiger partial charge on any atom is 0.416 e. The first-order chi connectivity index (χ1) is 6.89. The van der Waals surface area contributed by atoms with Crippen LogP contribution in [0.25, 0.3) is 0 Å². The monoisotopic (exact) mass is 219 g/mol. The minimum Gasteiger partial charge on any atom is -0.380 e. The highest BCUT2D eigenvalue weighted by Gasteiger charge is 2.29. The lowest BCUT2D eigenvalue weighted by atomic mass is 10.2. The zero-order valence-corrected chi connectivity index (χ0v) is 7.76. The number of carbonyl (C=O) groups excluding carboxylic acids is 1. The number of carbonyl (C=O) groups is 1. The summed E-state index contributed by atoms with van der Waals surface area (Å²) >= 11 is 0. The molecule has 1 aromatic rings. The van der Waals surface area contributed by atoms with Crippen LogP contribution >= 0.6 is 0 Å². The average Bonchev–Trinajstić information content (AvgIpc) is 2.14. The van der Waals surface area contributed by atoms with Gasteiger partial charge in [-0.2, -0.15) is 18.7 Å². The number of benzene rings is 1. The van der Waals surface area contributed by atoms with E-state index in [1.165, 1.54) is 6.92 Å². The molecule has 1 N–H and O–H groups in total. The fourth-order valence-corrected chi connectivity index (χ4v) is 0.843. The average molecular weight is 219 g/mol. The van der Waals surface area contributed by atoms with Crippen molar-refractivity contribution in [2.75, 3.05) is 0 Å². The van der Waals surface area contributed by atoms with E-state index < -0.39 is 17.6 Å². The van der Waals surface area contributed by atoms with E-state index in [9.17, 15) is 18.0 Å². The predicted octanol–water partition coefficient (Wildman–Crippen LogP) is 2.14. The fourth-order valence-electron chi connectivity index (χ4n) is 0.843. The molecule has 0 fully saturated rings. The van der Waals surface area contributed by atoms with Crippen molar-refractivity contribution in [1.82, 2.24) is 5.48 Å². The Labute approximate surface area is 83.8 Å². The van der Waals surface area contributed by atoms with Crippen LogP contribution in [0.5, 0.6) is 5.75 Å². The quantitative estimate of drug-likeness (QED) is 0.774. The first-order valence-corrected chi connectivity index (χ1v) is 4.00. The van der Waals surface area contributed by atoms with Gasteiger partial charge in [-0.3, -0.25) is 4.79 Å². The van der Waals surface area contributed by atoms with Gasteiger partial charge in [-0.25, -0.2) is 0 Å². The summed E-state index contributed by atoms with van der Waals surface area (Å²) in [6.45, 7) is 1.23. The molecule has 0 saturated carbocycles. The van der Waals surface area contributed by atoms with Crippen LogP contribution < -0.4 is 10.3 Å². The molecule has 0 unspecified atom stereocenters. The van der Waals surface area contributed by atoms with E-state index in [0.29, 0.717) is 0 Å². The Kier molecular flexibility index (Phi) is 3.18. The molecule has 0 bridgehead atoms. The number of hydroxylamine groups is 1. The molecule has 1 amide bonds. The molecular formula is C9H8F3NO2. The lowest BCUT2D eigenvalue weighted by Gasteiger charge is -2.08. The van der Waals surface area contributed by atoms with Gasteiger partial charge in [0.2, 0.25) is 5.91 Å². The van der Waals surface area contributed by atoms with Crippen molar-refractivity contribution in [2.24, 2.45) is 0 Å². The molecule has 6 heteroatoms. The van der Waals surface area contributed by atoms with Crippen LogP contribution in [-0.2, 0) is 11.0 Å². The van der Waals surface area contributed by atoms with Gasteiger partial charge in [-0.05, 0) is 24.3 Å². The van der Waals surface area contributed by atoms with Gasteiger partial charge in [0.05, 0.1) is 5.56 Å². The minimum absolute atomic E-state index is 0.137. The number of nitrogens with one attached hydrogen (secondary N) is 1. The van der Waals surface area contributed by atoms with E-state index in [1.54, 1.807) is 0 Å². The second-order valence-electron chi connectivity index (χ2n) is 2.78. The van der Waals surface area contributed by atoms with Gasteiger partial charge in [-0.1, -0.05) is 0 Å². The summed E-state index contributed by atoms with van der Waals surface area (Å²) in [6, 6.07) is 3.99. The zero-order chi connectivity index (χ0) is 11.5. The van der Waals surface area contributed by atoms with Crippen molar-refractivity contribution < 1.29 is 22.8 Å². The molecular weight excluding hydrogens is 211 g/mol. The predicted molar refractivity (Wildman–Crippen MR) is 45.9 cm³/mol. The molecule has 0 spiro atoms. The van der Waals surface area contributed by atoms with Crippen molar-refractivity contribution in [3.63, 3.8) is 0 Å². The normalized spacial score (nSPS) is 10.9. The summed E-state index contributed by atoms with van der Waals surface area (Å²) in [5, 5.41) is 0. The number of hydrogen-bond acceptors (Lipinski definition) is 2. The van der Waals surface area contributed by atoms with Crippen molar-refractivity contribution in [1.29, 1.82) is 0 Å². The van der Waals surface area contributed by atoms with Gasteiger partial charge < -0.3 is 4.84 Å². The molecule has 1 aromatic carbocycles. The molecule has 0 aliphatic rings. The maximum atomic E-state index is 12.1. The summed E-state index contributed by atoms with van der Waals surface area (Å²) in [5.41, 5.74) is 1.23. The van der Waals surface area contributed by atoms with Gasteiger partial charge in [0.15, 0.2) is 5.75 Å². The minimum atomic E-state index is -4.37. The van der Waals surface area contributed by atoms with E-state index >= 15 is 0 Å². The molecule has 3 nitrogen and oxygen atoms in total. The zero-order valence-electron chi connectivity index (χ0n) is 7.76. The number of hydrogen-bond donors (Lipinski definition) is 1. The molecule has 1 rings (SSSR count). The molecule has 0 aromatic heterocycles. The van der Waals surface area contributed by atoms with Gasteiger partial charge >= 0.3 is 6.18 Å². The van der Waals surface area contributed by atoms with Crippen molar-refractivity contribution >= 4 is 5.91 Å². The van der Waals surface area contributed by atoms with E-state index in [4.69, 9.17) is 0 Å². The molecule has 0 radical (unpaired) electrons. The highest BCUT2D eigenvalue weighted by Crippen LogP contribution is 2.30. The Bertz CT molecular complexity index is 345. The van der Waals surface area contributed by atoms with Crippen LogP contribution in [-0.4, -0.2) is 5.91 Å². The molecule has 0 aliphatic heterocycles. The van der Waals surface area contributed by atoms with Crippen molar-refractivity contribution in [3.05, 3.63) is 29.8 Å². The third-order valence-electron chi connectivity index (χ3n) is 1.49. The first kappa shape index (κ1) is 11.4. The Hall–Kier alpha value is -1.72. The summed E-state index contributed by atoms with van der Waals surface area (Å²) in [5.74, 6) is -0.298. The summed E-state index contributed by atoms with van der Waals surface area (Å²) in [6.07, 6.45) is -4.37. The van der Waals surface area contributed by atoms with Crippen LogP contribution in [0.4, 0.5) is 13.2 Å². The summed E-state index contributed by atoms with van der Waals surface area (Å²) in [4.78, 5) is 15.1. The van der Waals surface area contributed by atoms with Gasteiger partial charge in [0, 0.05) is 6.92 Å². The SMILES string of the molecule is CC(=O)NOc1ccc(C(F)(F)F)cc1. The van der Waals surface area contributed by atoms with Crippen LogP contribution in [0.15, 0.2) is 24.3 Å². The Morgan fingerprint density at radius 3 is 2.20 bits per heavy atom. The number of halogens is 3. The maximum absolute atomic E-state index is 12.1. The molecule has 15 heavy (non-hydrogen) atoms. The molecule has 0 saturated heterocycles. The third kappa shape index (κ3) is 3.49. The lowest BCUT2D eigenvalue weighted by Crippen LogP contribution is -2.23. The number of rotatable bonds is 2. The molecule has 82 valence electrons. The van der Waals surface area contributed by atoms with Crippen LogP contribution in [0.3, 0.4) is 0 Å². The van der Waals surface area contributed by atoms with E-state index in [1.807, 2.05) is 5.48 Å². The van der Waals surface area contributed by atoms with E-state index in [2.05, 4.69) is 4.84 Å². The van der Waals surface area contributed by atoms with Gasteiger partial charge in [-0.15, -0.1) is 0 Å². The highest BCUT2D eigenvalue weighted by atomic mass is 19.4. The summed E-state index contributed by atoms with van der Waals surface area (Å²) in [7, 11) is 0. The Morgan fingerprint density at radius 2 is 1.80 bits per heavy atom. The second-order valence-corrected chi connectivity index (χ2v) is 2.78. The lowest BCUT2D eigenvalue weighted by molar-refractivity contribution is -0.137. The van der Waals surface area contributed by atoms with Gasteiger partial charge in [0.25, 0.3) is 0 Å². The van der Waals surface area contributed by atoms with Crippen molar-refractivity contribution in [2.45, 2.75) is 13.1 Å². The first-order valence-electron chi connectivity index (χ1n) is 4.00. The number of alkyl halides is 3. The topological polar surface area (TPSA) is 38.3 Å². The van der Waals surface area contributed by atoms with E-state index in [0.717, 1.165) is 24.3 Å². The largest absolute Gasteiger partial charge is 0.416 e. The molecule has 0 aliphatic carbocycles. The fraction of sp³-hybridized carbons (Fsp3) is 0.222. The highest BCUT2D eigenvalue weighted by molar-refractivity contribution is 5.71. The van der Waals surface area contributed by atoms with Gasteiger partial charge in [0.1, 0.15) is 0 Å². The summed E-state index contributed by atoms with van der Waals surface area (Å²) < 4.78 is 36.4.